The minimum absolute atomic E-state index is 0.0981. The van der Waals surface area contributed by atoms with E-state index in [1.807, 2.05) is 0 Å². The Morgan fingerprint density at radius 3 is 2.71 bits per heavy atom. The van der Waals surface area contributed by atoms with Gasteiger partial charge in [-0.25, -0.2) is 0 Å². The first-order valence-electron chi connectivity index (χ1n) is 6.05. The molecule has 4 atom stereocenters. The monoisotopic (exact) mass is 370 g/mol. The van der Waals surface area contributed by atoms with Crippen molar-refractivity contribution >= 4 is 40.2 Å². The SMILES string of the molecule is O=C(CCl)OC12CC3CC(O)(CC(I)(C3)C1)C2. The van der Waals surface area contributed by atoms with Gasteiger partial charge in [-0.15, -0.1) is 11.6 Å². The molecule has 0 aromatic heterocycles. The molecule has 3 nitrogen and oxygen atoms in total. The Bertz CT molecular complexity index is 355. The van der Waals surface area contributed by atoms with Crippen LogP contribution in [0.2, 0.25) is 0 Å². The topological polar surface area (TPSA) is 46.5 Å². The van der Waals surface area contributed by atoms with Gasteiger partial charge in [0.1, 0.15) is 11.5 Å². The molecule has 0 aliphatic heterocycles. The van der Waals surface area contributed by atoms with Gasteiger partial charge >= 0.3 is 5.97 Å². The molecule has 4 bridgehead atoms. The fourth-order valence-electron chi connectivity index (χ4n) is 4.57. The van der Waals surface area contributed by atoms with Gasteiger partial charge in [-0.3, -0.25) is 4.79 Å². The van der Waals surface area contributed by atoms with Crippen molar-refractivity contribution < 1.29 is 14.6 Å². The number of hydrogen-bond donors (Lipinski definition) is 1. The number of carbonyl (C=O) groups is 1. The van der Waals surface area contributed by atoms with Crippen LogP contribution in [0.4, 0.5) is 0 Å². The highest BCUT2D eigenvalue weighted by molar-refractivity contribution is 14.1. The van der Waals surface area contributed by atoms with Gasteiger partial charge in [0.15, 0.2) is 0 Å². The van der Waals surface area contributed by atoms with Crippen LogP contribution in [0, 0.1) is 5.92 Å². The Morgan fingerprint density at radius 1 is 1.35 bits per heavy atom. The van der Waals surface area contributed by atoms with Gasteiger partial charge < -0.3 is 9.84 Å². The molecular formula is C12H16ClIO3. The van der Waals surface area contributed by atoms with Crippen molar-refractivity contribution in [2.75, 3.05) is 5.88 Å². The summed E-state index contributed by atoms with van der Waals surface area (Å²) in [5.74, 6) is 0.0486. The summed E-state index contributed by atoms with van der Waals surface area (Å²) in [6.07, 6.45) is 5.25. The third-order valence-corrected chi connectivity index (χ3v) is 5.78. The van der Waals surface area contributed by atoms with Crippen molar-refractivity contribution in [3.05, 3.63) is 0 Å². The molecular weight excluding hydrogens is 354 g/mol. The highest BCUT2D eigenvalue weighted by atomic mass is 127. The van der Waals surface area contributed by atoms with Crippen LogP contribution < -0.4 is 0 Å². The minimum Gasteiger partial charge on any atom is -0.458 e. The second-order valence-corrected chi connectivity index (χ2v) is 8.73. The highest BCUT2D eigenvalue weighted by Gasteiger charge is 2.64. The average Bonchev–Trinajstić information content (AvgIpc) is 2.10. The summed E-state index contributed by atoms with van der Waals surface area (Å²) < 4.78 is 5.70. The quantitative estimate of drug-likeness (QED) is 0.461. The van der Waals surface area contributed by atoms with Gasteiger partial charge in [0.05, 0.1) is 5.60 Å². The lowest BCUT2D eigenvalue weighted by Gasteiger charge is -2.62. The van der Waals surface area contributed by atoms with E-state index in [2.05, 4.69) is 22.6 Å². The van der Waals surface area contributed by atoms with Crippen LogP contribution >= 0.6 is 34.2 Å². The summed E-state index contributed by atoms with van der Waals surface area (Å²) in [7, 11) is 0. The summed E-state index contributed by atoms with van der Waals surface area (Å²) in [5, 5.41) is 10.6. The molecule has 0 aromatic carbocycles. The third-order valence-electron chi connectivity index (χ3n) is 4.36. The van der Waals surface area contributed by atoms with E-state index in [0.717, 1.165) is 32.1 Å². The zero-order chi connectivity index (χ0) is 12.3. The Balaban J connectivity index is 1.89. The zero-order valence-corrected chi connectivity index (χ0v) is 12.5. The maximum absolute atomic E-state index is 11.5. The number of hydrogen-bond acceptors (Lipinski definition) is 3. The highest BCUT2D eigenvalue weighted by Crippen LogP contribution is 2.63. The first kappa shape index (κ1) is 12.5. The molecule has 17 heavy (non-hydrogen) atoms. The average molecular weight is 371 g/mol. The maximum atomic E-state index is 11.5. The molecule has 0 radical (unpaired) electrons. The van der Waals surface area contributed by atoms with Crippen molar-refractivity contribution in [1.29, 1.82) is 0 Å². The molecule has 0 amide bonds. The molecule has 0 aromatic rings. The normalized spacial score (nSPS) is 51.6. The number of alkyl halides is 2. The largest absolute Gasteiger partial charge is 0.458 e. The fraction of sp³-hybridized carbons (Fsp3) is 0.917. The molecule has 0 heterocycles. The molecule has 4 rings (SSSR count). The van der Waals surface area contributed by atoms with E-state index in [1.54, 1.807) is 0 Å². The Kier molecular flexibility index (Phi) is 2.74. The number of rotatable bonds is 2. The lowest BCUT2D eigenvalue weighted by Crippen LogP contribution is -2.65. The van der Waals surface area contributed by atoms with Crippen LogP contribution in [0.25, 0.3) is 0 Å². The fourth-order valence-corrected chi connectivity index (χ4v) is 6.65. The van der Waals surface area contributed by atoms with Gasteiger partial charge in [-0.1, -0.05) is 22.6 Å². The first-order valence-corrected chi connectivity index (χ1v) is 7.67. The number of aliphatic hydroxyl groups is 1. The molecule has 4 aliphatic carbocycles. The lowest BCUT2D eigenvalue weighted by molar-refractivity contribution is -0.210. The number of ether oxygens (including phenoxy) is 1. The van der Waals surface area contributed by atoms with E-state index in [1.165, 1.54) is 0 Å². The van der Waals surface area contributed by atoms with E-state index >= 15 is 0 Å². The number of carbonyl (C=O) groups excluding carboxylic acids is 1. The van der Waals surface area contributed by atoms with Gasteiger partial charge in [-0.05, 0) is 31.6 Å². The van der Waals surface area contributed by atoms with Crippen molar-refractivity contribution in [2.45, 2.75) is 53.1 Å². The smallest absolute Gasteiger partial charge is 0.321 e. The minimum atomic E-state index is -0.618. The van der Waals surface area contributed by atoms with Crippen molar-refractivity contribution in [3.8, 4) is 0 Å². The van der Waals surface area contributed by atoms with Gasteiger partial charge in [0.2, 0.25) is 0 Å². The van der Waals surface area contributed by atoms with E-state index in [9.17, 15) is 9.90 Å². The van der Waals surface area contributed by atoms with Crippen LogP contribution in [-0.2, 0) is 9.53 Å². The number of halogens is 2. The summed E-state index contributed by atoms with van der Waals surface area (Å²) in [5.41, 5.74) is -1.06. The molecule has 0 spiro atoms. The van der Waals surface area contributed by atoms with E-state index in [4.69, 9.17) is 16.3 Å². The van der Waals surface area contributed by atoms with Gasteiger partial charge in [-0.2, -0.15) is 0 Å². The second-order valence-electron chi connectivity index (χ2n) is 6.17. The maximum Gasteiger partial charge on any atom is 0.321 e. The molecule has 1 N–H and O–H groups in total. The van der Waals surface area contributed by atoms with Crippen LogP contribution in [0.1, 0.15) is 38.5 Å². The molecule has 4 saturated carbocycles. The summed E-state index contributed by atoms with van der Waals surface area (Å²) in [6.45, 7) is 0. The van der Waals surface area contributed by atoms with E-state index in [0.29, 0.717) is 12.3 Å². The zero-order valence-electron chi connectivity index (χ0n) is 9.55. The van der Waals surface area contributed by atoms with Gasteiger partial charge in [0, 0.05) is 16.3 Å². The molecule has 4 fully saturated rings. The molecule has 0 saturated heterocycles. The summed E-state index contributed by atoms with van der Waals surface area (Å²) in [4.78, 5) is 11.5. The number of esters is 1. The predicted molar refractivity (Wildman–Crippen MR) is 72.4 cm³/mol. The van der Waals surface area contributed by atoms with Crippen molar-refractivity contribution in [2.24, 2.45) is 5.92 Å². The van der Waals surface area contributed by atoms with Crippen LogP contribution in [0.5, 0.6) is 0 Å². The Labute approximate surface area is 119 Å². The molecule has 5 heteroatoms. The summed E-state index contributed by atoms with van der Waals surface area (Å²) in [6, 6.07) is 0. The predicted octanol–water partition coefficient (Wildman–Crippen LogP) is 2.41. The third kappa shape index (κ3) is 2.10. The van der Waals surface area contributed by atoms with E-state index < -0.39 is 11.2 Å². The van der Waals surface area contributed by atoms with Crippen molar-refractivity contribution in [1.82, 2.24) is 0 Å². The standard InChI is InChI=1S/C12H16ClIO3/c13-4-9(15)17-12-3-8-1-10(14,6-12)5-11(16,2-8)7-12/h8,16H,1-7H2. The Morgan fingerprint density at radius 2 is 2.12 bits per heavy atom. The lowest BCUT2D eigenvalue weighted by atomic mass is 9.52. The first-order chi connectivity index (χ1) is 7.86. The summed E-state index contributed by atoms with van der Waals surface area (Å²) >= 11 is 7.98. The van der Waals surface area contributed by atoms with Crippen LogP contribution in [-0.4, -0.2) is 31.6 Å². The molecule has 4 aliphatic rings. The molecule has 4 unspecified atom stereocenters. The van der Waals surface area contributed by atoms with Crippen molar-refractivity contribution in [3.63, 3.8) is 0 Å². The van der Waals surface area contributed by atoms with Crippen LogP contribution in [0.3, 0.4) is 0 Å². The van der Waals surface area contributed by atoms with E-state index in [-0.39, 0.29) is 15.3 Å². The molecule has 96 valence electrons. The Hall–Kier alpha value is 0.450. The van der Waals surface area contributed by atoms with Gasteiger partial charge in [0.25, 0.3) is 0 Å². The second kappa shape index (κ2) is 3.73. The van der Waals surface area contributed by atoms with Crippen LogP contribution in [0.15, 0.2) is 0 Å².